The highest BCUT2D eigenvalue weighted by Crippen LogP contribution is 2.23. The molecule has 3 heterocycles. The lowest BCUT2D eigenvalue weighted by atomic mass is 9.98. The first kappa shape index (κ1) is 16.5. The number of aromatic nitrogens is 3. The van der Waals surface area contributed by atoms with Crippen LogP contribution in [0.25, 0.3) is 0 Å². The fourth-order valence-electron chi connectivity index (χ4n) is 3.36. The number of amides is 1. The number of rotatable bonds is 5. The zero-order valence-corrected chi connectivity index (χ0v) is 14.4. The Morgan fingerprint density at radius 1 is 1.33 bits per heavy atom. The number of piperidine rings is 1. The van der Waals surface area contributed by atoms with Crippen LogP contribution in [0.1, 0.15) is 41.9 Å². The van der Waals surface area contributed by atoms with Crippen molar-refractivity contribution in [3.8, 4) is 0 Å². The molecule has 6 heteroatoms. The summed E-state index contributed by atoms with van der Waals surface area (Å²) in [4.78, 5) is 23.5. The molecule has 0 unspecified atom stereocenters. The highest BCUT2D eigenvalue weighted by Gasteiger charge is 2.27. The maximum absolute atomic E-state index is 13.0. The van der Waals surface area contributed by atoms with Gasteiger partial charge in [0, 0.05) is 50.3 Å². The second-order valence-corrected chi connectivity index (χ2v) is 6.28. The van der Waals surface area contributed by atoms with Crippen LogP contribution >= 0.6 is 0 Å². The van der Waals surface area contributed by atoms with Crippen molar-refractivity contribution in [3.05, 3.63) is 42.1 Å². The molecule has 1 aliphatic heterocycles. The van der Waals surface area contributed by atoms with Gasteiger partial charge in [-0.15, -0.1) is 0 Å². The molecule has 2 aromatic rings. The number of nitrogens with one attached hydrogen (secondary N) is 1. The fourth-order valence-corrected chi connectivity index (χ4v) is 3.36. The molecule has 3 rings (SSSR count). The van der Waals surface area contributed by atoms with Crippen molar-refractivity contribution in [1.29, 1.82) is 0 Å². The average molecular weight is 327 g/mol. The predicted octanol–water partition coefficient (Wildman–Crippen LogP) is 2.71. The molecule has 0 aliphatic carbocycles. The van der Waals surface area contributed by atoms with Crippen LogP contribution in [0.4, 0.5) is 5.82 Å². The van der Waals surface area contributed by atoms with Gasteiger partial charge in [-0.05, 0) is 44.7 Å². The highest BCUT2D eigenvalue weighted by molar-refractivity contribution is 5.95. The summed E-state index contributed by atoms with van der Waals surface area (Å²) in [6.45, 7) is 3.75. The smallest absolute Gasteiger partial charge is 0.254 e. The Bertz CT molecular complexity index is 696. The Balaban J connectivity index is 1.71. The minimum atomic E-state index is 0.112. The molecule has 0 aromatic carbocycles. The van der Waals surface area contributed by atoms with Crippen molar-refractivity contribution in [3.63, 3.8) is 0 Å². The summed E-state index contributed by atoms with van der Waals surface area (Å²) in [6.07, 6.45) is 9.83. The third-order valence-corrected chi connectivity index (χ3v) is 4.78. The first-order valence-corrected chi connectivity index (χ1v) is 8.61. The lowest BCUT2D eigenvalue weighted by Gasteiger charge is -2.36. The van der Waals surface area contributed by atoms with E-state index in [9.17, 15) is 4.79 Å². The van der Waals surface area contributed by atoms with Gasteiger partial charge < -0.3 is 14.8 Å². The van der Waals surface area contributed by atoms with Gasteiger partial charge in [0.2, 0.25) is 0 Å². The van der Waals surface area contributed by atoms with Gasteiger partial charge in [0.1, 0.15) is 11.6 Å². The average Bonchev–Trinajstić information content (AvgIpc) is 3.04. The number of pyridine rings is 1. The molecule has 0 spiro atoms. The van der Waals surface area contributed by atoms with Crippen molar-refractivity contribution in [2.45, 2.75) is 45.2 Å². The largest absolute Gasteiger partial charge is 0.373 e. The van der Waals surface area contributed by atoms with Gasteiger partial charge >= 0.3 is 0 Å². The maximum atomic E-state index is 13.0. The van der Waals surface area contributed by atoms with E-state index in [-0.39, 0.29) is 5.91 Å². The van der Waals surface area contributed by atoms with E-state index in [0.717, 1.165) is 44.0 Å². The van der Waals surface area contributed by atoms with Crippen LogP contribution in [-0.2, 0) is 6.54 Å². The lowest BCUT2D eigenvalue weighted by molar-refractivity contribution is 0.0595. The van der Waals surface area contributed by atoms with Crippen molar-refractivity contribution >= 4 is 11.7 Å². The second-order valence-electron chi connectivity index (χ2n) is 6.28. The summed E-state index contributed by atoms with van der Waals surface area (Å²) in [6, 6.07) is 3.92. The number of aryl methyl sites for hydroxylation is 2. The zero-order chi connectivity index (χ0) is 16.9. The Kier molecular flexibility index (Phi) is 5.13. The van der Waals surface area contributed by atoms with E-state index in [0.29, 0.717) is 11.6 Å². The Morgan fingerprint density at radius 2 is 2.21 bits per heavy atom. The van der Waals surface area contributed by atoms with Crippen LogP contribution in [0.15, 0.2) is 30.7 Å². The SMILES string of the molecule is CNc1cc(C(=O)N2CCCC[C@@H]2CCn2ccnc2C)ccn1. The summed E-state index contributed by atoms with van der Waals surface area (Å²) >= 11 is 0. The molecule has 2 aromatic heterocycles. The molecule has 0 saturated carbocycles. The topological polar surface area (TPSA) is 63.1 Å². The van der Waals surface area contributed by atoms with Gasteiger partial charge in [-0.2, -0.15) is 0 Å². The Hall–Kier alpha value is -2.37. The van der Waals surface area contributed by atoms with E-state index in [2.05, 4.69) is 19.9 Å². The molecule has 1 saturated heterocycles. The van der Waals surface area contributed by atoms with Crippen LogP contribution in [0.5, 0.6) is 0 Å². The Labute approximate surface area is 142 Å². The molecule has 128 valence electrons. The van der Waals surface area contributed by atoms with Crippen molar-refractivity contribution < 1.29 is 4.79 Å². The van der Waals surface area contributed by atoms with E-state index < -0.39 is 0 Å². The third kappa shape index (κ3) is 3.58. The molecule has 0 bridgehead atoms. The number of likely N-dealkylation sites (tertiary alicyclic amines) is 1. The molecule has 1 atom stereocenters. The molecule has 0 radical (unpaired) electrons. The fraction of sp³-hybridized carbons (Fsp3) is 0.500. The van der Waals surface area contributed by atoms with E-state index >= 15 is 0 Å². The number of anilines is 1. The van der Waals surface area contributed by atoms with Crippen LogP contribution in [-0.4, -0.2) is 45.0 Å². The summed E-state index contributed by atoms with van der Waals surface area (Å²) in [5, 5.41) is 2.99. The molecule has 1 fully saturated rings. The molecule has 24 heavy (non-hydrogen) atoms. The van der Waals surface area contributed by atoms with Gasteiger partial charge in [-0.1, -0.05) is 0 Å². The molecule has 1 N–H and O–H groups in total. The molecular weight excluding hydrogens is 302 g/mol. The summed E-state index contributed by atoms with van der Waals surface area (Å²) in [5.41, 5.74) is 0.708. The van der Waals surface area contributed by atoms with Crippen LogP contribution in [0.2, 0.25) is 0 Å². The summed E-state index contributed by atoms with van der Waals surface area (Å²) in [7, 11) is 1.81. The number of imidazole rings is 1. The quantitative estimate of drug-likeness (QED) is 0.917. The predicted molar refractivity (Wildman–Crippen MR) is 94.0 cm³/mol. The van der Waals surface area contributed by atoms with Crippen LogP contribution < -0.4 is 5.32 Å². The maximum Gasteiger partial charge on any atom is 0.254 e. The first-order chi connectivity index (χ1) is 11.7. The highest BCUT2D eigenvalue weighted by atomic mass is 16.2. The number of carbonyl (C=O) groups excluding carboxylic acids is 1. The van der Waals surface area contributed by atoms with Gasteiger partial charge in [0.25, 0.3) is 5.91 Å². The van der Waals surface area contributed by atoms with Crippen LogP contribution in [0, 0.1) is 6.92 Å². The summed E-state index contributed by atoms with van der Waals surface area (Å²) in [5.74, 6) is 1.86. The number of carbonyl (C=O) groups is 1. The van der Waals surface area contributed by atoms with Gasteiger partial charge in [-0.25, -0.2) is 9.97 Å². The van der Waals surface area contributed by atoms with Crippen LogP contribution in [0.3, 0.4) is 0 Å². The van der Waals surface area contributed by atoms with Crippen molar-refractivity contribution in [2.24, 2.45) is 0 Å². The minimum absolute atomic E-state index is 0.112. The first-order valence-electron chi connectivity index (χ1n) is 8.61. The molecule has 1 aliphatic rings. The molecular formula is C18H25N5O. The van der Waals surface area contributed by atoms with E-state index in [1.165, 1.54) is 6.42 Å². The van der Waals surface area contributed by atoms with Gasteiger partial charge in [0.05, 0.1) is 0 Å². The summed E-state index contributed by atoms with van der Waals surface area (Å²) < 4.78 is 2.16. The second kappa shape index (κ2) is 7.47. The molecule has 1 amide bonds. The number of hydrogen-bond donors (Lipinski definition) is 1. The van der Waals surface area contributed by atoms with Gasteiger partial charge in [0.15, 0.2) is 0 Å². The van der Waals surface area contributed by atoms with E-state index in [4.69, 9.17) is 0 Å². The number of nitrogens with zero attached hydrogens (tertiary/aromatic N) is 4. The standard InChI is InChI=1S/C18H25N5O/c1-14-20-9-12-22(14)11-7-16-5-3-4-10-23(16)18(24)15-6-8-21-17(13-15)19-2/h6,8-9,12-13,16H,3-5,7,10-11H2,1-2H3,(H,19,21)/t16-/m1/s1. The minimum Gasteiger partial charge on any atom is -0.373 e. The molecule has 6 nitrogen and oxygen atoms in total. The monoisotopic (exact) mass is 327 g/mol. The van der Waals surface area contributed by atoms with E-state index in [1.807, 2.05) is 37.3 Å². The van der Waals surface area contributed by atoms with Crippen molar-refractivity contribution in [2.75, 3.05) is 18.9 Å². The number of hydrogen-bond acceptors (Lipinski definition) is 4. The normalized spacial score (nSPS) is 17.8. The third-order valence-electron chi connectivity index (χ3n) is 4.78. The lowest BCUT2D eigenvalue weighted by Crippen LogP contribution is -2.44. The van der Waals surface area contributed by atoms with E-state index in [1.54, 1.807) is 12.3 Å². The van der Waals surface area contributed by atoms with Crippen molar-refractivity contribution in [1.82, 2.24) is 19.4 Å². The zero-order valence-electron chi connectivity index (χ0n) is 14.4. The Morgan fingerprint density at radius 3 is 2.96 bits per heavy atom. The van der Waals surface area contributed by atoms with Gasteiger partial charge in [-0.3, -0.25) is 4.79 Å².